The summed E-state index contributed by atoms with van der Waals surface area (Å²) in [4.78, 5) is 33.8. The van der Waals surface area contributed by atoms with Crippen LogP contribution in [0.1, 0.15) is 6.42 Å². The van der Waals surface area contributed by atoms with Crippen molar-refractivity contribution < 1.29 is 24.6 Å². The maximum absolute atomic E-state index is 10.9. The molecule has 9 nitrogen and oxygen atoms in total. The molecule has 0 aliphatic rings. The van der Waals surface area contributed by atoms with Crippen molar-refractivity contribution in [1.82, 2.24) is 5.32 Å². The van der Waals surface area contributed by atoms with Crippen LogP contribution in [0.5, 0.6) is 0 Å². The smallest absolute Gasteiger partial charge is 0.326 e. The van der Waals surface area contributed by atoms with Crippen LogP contribution in [-0.2, 0) is 14.4 Å². The van der Waals surface area contributed by atoms with Gasteiger partial charge < -0.3 is 15.5 Å². The van der Waals surface area contributed by atoms with Crippen molar-refractivity contribution in [2.24, 2.45) is 5.11 Å². The number of azide groups is 1. The van der Waals surface area contributed by atoms with E-state index in [0.717, 1.165) is 0 Å². The summed E-state index contributed by atoms with van der Waals surface area (Å²) in [6, 6.07) is -1.52. The Morgan fingerprint density at radius 1 is 1.40 bits per heavy atom. The van der Waals surface area contributed by atoms with E-state index in [1.54, 1.807) is 0 Å². The van der Waals surface area contributed by atoms with Crippen molar-refractivity contribution in [2.75, 3.05) is 6.54 Å². The Kier molecular flexibility index (Phi) is 5.27. The number of carbonyl (C=O) groups is 3. The van der Waals surface area contributed by atoms with Crippen LogP contribution in [0.25, 0.3) is 10.4 Å². The lowest BCUT2D eigenvalue weighted by molar-refractivity contribution is -0.147. The zero-order chi connectivity index (χ0) is 11.8. The second kappa shape index (κ2) is 6.22. The molecule has 9 heteroatoms. The number of hydrogen-bond donors (Lipinski definition) is 3. The lowest BCUT2D eigenvalue weighted by Gasteiger charge is -2.10. The molecule has 0 aromatic carbocycles. The largest absolute Gasteiger partial charge is 0.481 e. The van der Waals surface area contributed by atoms with Gasteiger partial charge in [-0.25, -0.2) is 4.79 Å². The van der Waals surface area contributed by atoms with E-state index >= 15 is 0 Å². The van der Waals surface area contributed by atoms with Gasteiger partial charge in [-0.1, -0.05) is 5.11 Å². The van der Waals surface area contributed by atoms with Crippen molar-refractivity contribution >= 4 is 17.8 Å². The van der Waals surface area contributed by atoms with E-state index in [1.807, 2.05) is 5.32 Å². The number of aliphatic carboxylic acids is 2. The molecule has 3 N–H and O–H groups in total. The molecule has 0 radical (unpaired) electrons. The van der Waals surface area contributed by atoms with Gasteiger partial charge in [0.15, 0.2) is 0 Å². The summed E-state index contributed by atoms with van der Waals surface area (Å²) >= 11 is 0. The number of hydrogen-bond acceptors (Lipinski definition) is 4. The van der Waals surface area contributed by atoms with Crippen molar-refractivity contribution in [3.63, 3.8) is 0 Å². The molecule has 0 aromatic heterocycles. The molecule has 1 amide bonds. The average molecular weight is 216 g/mol. The lowest BCUT2D eigenvalue weighted by atomic mass is 10.2. The van der Waals surface area contributed by atoms with Crippen molar-refractivity contribution in [3.8, 4) is 0 Å². The first kappa shape index (κ1) is 12.7. The maximum Gasteiger partial charge on any atom is 0.326 e. The van der Waals surface area contributed by atoms with Crippen LogP contribution in [0.4, 0.5) is 0 Å². The first-order valence-corrected chi connectivity index (χ1v) is 3.72. The monoisotopic (exact) mass is 216 g/mol. The molecule has 0 heterocycles. The number of nitrogens with one attached hydrogen (secondary N) is 1. The fraction of sp³-hybridized carbons (Fsp3) is 0.500. The highest BCUT2D eigenvalue weighted by atomic mass is 16.4. The molecule has 1 atom stereocenters. The maximum atomic E-state index is 10.9. The standard InChI is InChI=1S/C6H8N4O5/c7-10-8-2-4(11)9-3(6(14)15)1-5(12)13/h3H,1-2H2,(H,9,11)(H,12,13)(H,14,15). The van der Waals surface area contributed by atoms with E-state index in [-0.39, 0.29) is 0 Å². The van der Waals surface area contributed by atoms with Gasteiger partial charge in [0.2, 0.25) is 5.91 Å². The number of amides is 1. The van der Waals surface area contributed by atoms with Crippen molar-refractivity contribution in [3.05, 3.63) is 10.4 Å². The fourth-order valence-corrected chi connectivity index (χ4v) is 0.711. The van der Waals surface area contributed by atoms with Gasteiger partial charge >= 0.3 is 11.9 Å². The second-order valence-corrected chi connectivity index (χ2v) is 2.45. The Morgan fingerprint density at radius 2 is 2.00 bits per heavy atom. The number of carboxylic acids is 2. The second-order valence-electron chi connectivity index (χ2n) is 2.45. The molecule has 1 unspecified atom stereocenters. The molecule has 0 saturated heterocycles. The molecule has 0 spiro atoms. The van der Waals surface area contributed by atoms with E-state index in [0.29, 0.717) is 0 Å². The minimum absolute atomic E-state index is 0.570. The molecule has 0 aliphatic heterocycles. The topological polar surface area (TPSA) is 152 Å². The first-order chi connectivity index (χ1) is 6.97. The van der Waals surface area contributed by atoms with Gasteiger partial charge in [0.25, 0.3) is 0 Å². The van der Waals surface area contributed by atoms with E-state index in [2.05, 4.69) is 10.0 Å². The Labute approximate surface area is 83.3 Å². The summed E-state index contributed by atoms with van der Waals surface area (Å²) < 4.78 is 0. The van der Waals surface area contributed by atoms with Crippen molar-refractivity contribution in [2.45, 2.75) is 12.5 Å². The fourth-order valence-electron chi connectivity index (χ4n) is 0.711. The number of carbonyl (C=O) groups excluding carboxylic acids is 1. The van der Waals surface area contributed by atoms with Crippen LogP contribution in [0, 0.1) is 0 Å². The third-order valence-corrected chi connectivity index (χ3v) is 1.29. The SMILES string of the molecule is [N-]=[N+]=NCC(=O)NC(CC(=O)O)C(=O)O. The molecular weight excluding hydrogens is 208 g/mol. The predicted molar refractivity (Wildman–Crippen MR) is 45.8 cm³/mol. The Bertz CT molecular complexity index is 321. The van der Waals surface area contributed by atoms with Crippen LogP contribution >= 0.6 is 0 Å². The summed E-state index contributed by atoms with van der Waals surface area (Å²) in [6.45, 7) is -0.570. The predicted octanol–water partition coefficient (Wildman–Crippen LogP) is -0.659. The Hall–Kier alpha value is -2.28. The van der Waals surface area contributed by atoms with Crippen LogP contribution in [-0.4, -0.2) is 40.6 Å². The van der Waals surface area contributed by atoms with E-state index in [9.17, 15) is 14.4 Å². The molecule has 0 saturated carbocycles. The molecular formula is C6H8N4O5. The molecule has 0 fully saturated rings. The van der Waals surface area contributed by atoms with Gasteiger partial charge in [0.05, 0.1) is 6.42 Å². The molecule has 15 heavy (non-hydrogen) atoms. The third-order valence-electron chi connectivity index (χ3n) is 1.29. The minimum Gasteiger partial charge on any atom is -0.481 e. The summed E-state index contributed by atoms with van der Waals surface area (Å²) in [5, 5.41) is 21.6. The summed E-state index contributed by atoms with van der Waals surface area (Å²) in [6.07, 6.45) is -0.739. The van der Waals surface area contributed by atoms with Gasteiger partial charge in [-0.05, 0) is 5.53 Å². The van der Waals surface area contributed by atoms with E-state index < -0.39 is 36.9 Å². The van der Waals surface area contributed by atoms with Crippen LogP contribution in [0.3, 0.4) is 0 Å². The van der Waals surface area contributed by atoms with Crippen LogP contribution in [0.15, 0.2) is 5.11 Å². The van der Waals surface area contributed by atoms with Crippen molar-refractivity contribution in [1.29, 1.82) is 0 Å². The highest BCUT2D eigenvalue weighted by Gasteiger charge is 2.22. The lowest BCUT2D eigenvalue weighted by Crippen LogP contribution is -2.43. The Balaban J connectivity index is 4.28. The summed E-state index contributed by atoms with van der Waals surface area (Å²) in [5.74, 6) is -3.67. The average Bonchev–Trinajstić information content (AvgIpc) is 2.12. The number of nitrogens with zero attached hydrogens (tertiary/aromatic N) is 3. The van der Waals surface area contributed by atoms with E-state index in [4.69, 9.17) is 15.7 Å². The Morgan fingerprint density at radius 3 is 2.40 bits per heavy atom. The zero-order valence-electron chi connectivity index (χ0n) is 7.45. The highest BCUT2D eigenvalue weighted by Crippen LogP contribution is 1.92. The van der Waals surface area contributed by atoms with Gasteiger partial charge in [-0.15, -0.1) is 0 Å². The van der Waals surface area contributed by atoms with Gasteiger partial charge in [0.1, 0.15) is 12.6 Å². The number of carboxylic acid groups (broad SMARTS) is 2. The zero-order valence-corrected chi connectivity index (χ0v) is 7.45. The molecule has 0 aliphatic carbocycles. The third kappa shape index (κ3) is 5.88. The van der Waals surface area contributed by atoms with Gasteiger partial charge in [0, 0.05) is 4.91 Å². The number of rotatable bonds is 6. The normalized spacial score (nSPS) is 10.9. The van der Waals surface area contributed by atoms with Crippen LogP contribution in [0.2, 0.25) is 0 Å². The molecule has 0 bridgehead atoms. The first-order valence-electron chi connectivity index (χ1n) is 3.72. The highest BCUT2D eigenvalue weighted by molar-refractivity contribution is 5.87. The summed E-state index contributed by atoms with van der Waals surface area (Å²) in [5.41, 5.74) is 7.87. The van der Waals surface area contributed by atoms with Crippen LogP contribution < -0.4 is 5.32 Å². The molecule has 82 valence electrons. The molecule has 0 rings (SSSR count). The van der Waals surface area contributed by atoms with E-state index in [1.165, 1.54) is 0 Å². The van der Waals surface area contributed by atoms with Gasteiger partial charge in [-0.3, -0.25) is 9.59 Å². The van der Waals surface area contributed by atoms with Gasteiger partial charge in [-0.2, -0.15) is 0 Å². The minimum atomic E-state index is -1.52. The summed E-state index contributed by atoms with van der Waals surface area (Å²) in [7, 11) is 0. The quantitative estimate of drug-likeness (QED) is 0.305. The molecule has 0 aromatic rings.